The largest absolute Gasteiger partial charge is 0.457 e. The van der Waals surface area contributed by atoms with Crippen LogP contribution in [0.15, 0.2) is 54.9 Å². The van der Waals surface area contributed by atoms with E-state index in [1.54, 1.807) is 37.5 Å². The minimum absolute atomic E-state index is 0.133. The van der Waals surface area contributed by atoms with E-state index in [0.29, 0.717) is 11.4 Å². The van der Waals surface area contributed by atoms with Gasteiger partial charge in [0.15, 0.2) is 0 Å². The minimum atomic E-state index is -4.88. The molecule has 1 atom stereocenters. The van der Waals surface area contributed by atoms with Crippen LogP contribution in [-0.4, -0.2) is 58.8 Å². The molecule has 190 valence electrons. The molecule has 1 aromatic carbocycles. The number of rotatable bonds is 9. The zero-order valence-electron chi connectivity index (χ0n) is 19.1. The Morgan fingerprint density at radius 3 is 2.39 bits per heavy atom. The Labute approximate surface area is 204 Å². The van der Waals surface area contributed by atoms with E-state index in [4.69, 9.17) is 9.47 Å². The van der Waals surface area contributed by atoms with Gasteiger partial charge in [0.05, 0.1) is 34.8 Å². The van der Waals surface area contributed by atoms with Crippen molar-refractivity contribution in [2.45, 2.75) is 12.3 Å². The lowest BCUT2D eigenvalue weighted by atomic mass is 10.1. The highest BCUT2D eigenvalue weighted by molar-refractivity contribution is 7.92. The van der Waals surface area contributed by atoms with Gasteiger partial charge in [0, 0.05) is 32.1 Å². The molecule has 3 aromatic heterocycles. The van der Waals surface area contributed by atoms with Gasteiger partial charge >= 0.3 is 6.18 Å². The number of nitrogens with zero attached hydrogens (tertiary/aromatic N) is 5. The molecule has 3 heterocycles. The second-order valence-corrected chi connectivity index (χ2v) is 9.48. The SMILES string of the molecule is COCCS(=O)(=O)Nc1nc2ccccc2nc1OC(c1ccc(-c2ccnn2C)nc1)C(F)(F)F. The summed E-state index contributed by atoms with van der Waals surface area (Å²) < 4.78 is 80.9. The van der Waals surface area contributed by atoms with E-state index in [1.807, 2.05) is 0 Å². The van der Waals surface area contributed by atoms with Crippen LogP contribution in [0.3, 0.4) is 0 Å². The number of sulfonamides is 1. The Hall–Kier alpha value is -3.78. The molecule has 0 bridgehead atoms. The summed E-state index contributed by atoms with van der Waals surface area (Å²) in [5, 5.41) is 4.02. The van der Waals surface area contributed by atoms with Crippen molar-refractivity contribution in [3.63, 3.8) is 0 Å². The fourth-order valence-corrected chi connectivity index (χ4v) is 4.21. The summed E-state index contributed by atoms with van der Waals surface area (Å²) in [7, 11) is -1.02. The van der Waals surface area contributed by atoms with E-state index < -0.39 is 39.8 Å². The summed E-state index contributed by atoms with van der Waals surface area (Å²) in [5.74, 6) is -1.55. The molecule has 1 unspecified atom stereocenters. The molecule has 0 spiro atoms. The van der Waals surface area contributed by atoms with E-state index in [9.17, 15) is 21.6 Å². The van der Waals surface area contributed by atoms with Crippen molar-refractivity contribution in [3.8, 4) is 17.3 Å². The number of aromatic nitrogens is 5. The number of hydrogen-bond donors (Lipinski definition) is 1. The highest BCUT2D eigenvalue weighted by atomic mass is 32.2. The van der Waals surface area contributed by atoms with E-state index in [1.165, 1.54) is 30.0 Å². The standard InChI is InChI=1S/C22H21F3N6O4S/c1-31-18(9-10-27-31)17-8-7-14(13-26-17)19(22(23,24)25)35-21-20(30-36(32,33)12-11-34-2)28-15-5-3-4-6-16(15)29-21/h3-10,13,19H,11-12H2,1-2H3,(H,28,30). The molecule has 0 saturated carbocycles. The number of aryl methyl sites for hydroxylation is 1. The maximum atomic E-state index is 14.1. The van der Waals surface area contributed by atoms with Gasteiger partial charge in [0.2, 0.25) is 21.9 Å². The molecule has 4 rings (SSSR count). The van der Waals surface area contributed by atoms with E-state index in [0.717, 1.165) is 6.20 Å². The third-order valence-corrected chi connectivity index (χ3v) is 6.25. The van der Waals surface area contributed by atoms with Crippen LogP contribution in [0.5, 0.6) is 5.88 Å². The lowest BCUT2D eigenvalue weighted by Gasteiger charge is -2.23. The number of methoxy groups -OCH3 is 1. The molecule has 14 heteroatoms. The van der Waals surface area contributed by atoms with Gasteiger partial charge in [0.25, 0.3) is 5.88 Å². The van der Waals surface area contributed by atoms with Gasteiger partial charge in [0.1, 0.15) is 0 Å². The number of fused-ring (bicyclic) bond motifs is 1. The third kappa shape index (κ3) is 5.71. The highest BCUT2D eigenvalue weighted by Gasteiger charge is 2.44. The average Bonchev–Trinajstić information content (AvgIpc) is 3.26. The van der Waals surface area contributed by atoms with Gasteiger partial charge in [-0.2, -0.15) is 18.3 Å². The molecule has 0 saturated heterocycles. The lowest BCUT2D eigenvalue weighted by Crippen LogP contribution is -2.28. The van der Waals surface area contributed by atoms with Crippen molar-refractivity contribution in [1.82, 2.24) is 24.7 Å². The molecule has 0 aliphatic rings. The van der Waals surface area contributed by atoms with Gasteiger partial charge in [-0.05, 0) is 24.3 Å². The number of para-hydroxylation sites is 2. The summed E-state index contributed by atoms with van der Waals surface area (Å²) in [6.07, 6.45) is -4.80. The van der Waals surface area contributed by atoms with E-state index in [-0.39, 0.29) is 23.2 Å². The zero-order chi connectivity index (χ0) is 25.9. The van der Waals surface area contributed by atoms with Crippen LogP contribution in [0.4, 0.5) is 19.0 Å². The summed E-state index contributed by atoms with van der Waals surface area (Å²) in [4.78, 5) is 12.4. The van der Waals surface area contributed by atoms with Crippen LogP contribution in [0.25, 0.3) is 22.4 Å². The number of pyridine rings is 1. The number of nitrogens with one attached hydrogen (secondary N) is 1. The Balaban J connectivity index is 1.73. The number of alkyl halides is 3. The summed E-state index contributed by atoms with van der Waals surface area (Å²) in [6.45, 7) is -0.133. The maximum Gasteiger partial charge on any atom is 0.429 e. The van der Waals surface area contributed by atoms with Gasteiger partial charge in [-0.25, -0.2) is 18.4 Å². The maximum absolute atomic E-state index is 14.1. The summed E-state index contributed by atoms with van der Waals surface area (Å²) in [6, 6.07) is 10.6. The van der Waals surface area contributed by atoms with Crippen molar-refractivity contribution in [3.05, 3.63) is 60.4 Å². The minimum Gasteiger partial charge on any atom is -0.457 e. The fraction of sp³-hybridized carbons (Fsp3) is 0.273. The second kappa shape index (κ2) is 10.1. The van der Waals surface area contributed by atoms with Crippen molar-refractivity contribution in [2.24, 2.45) is 7.05 Å². The van der Waals surface area contributed by atoms with Crippen LogP contribution < -0.4 is 9.46 Å². The Kier molecular flexibility index (Phi) is 7.08. The normalized spacial score (nSPS) is 13.0. The monoisotopic (exact) mass is 522 g/mol. The van der Waals surface area contributed by atoms with Crippen molar-refractivity contribution >= 4 is 26.9 Å². The topological polar surface area (TPSA) is 121 Å². The summed E-state index contributed by atoms with van der Waals surface area (Å²) in [5.41, 5.74) is 1.20. The van der Waals surface area contributed by atoms with Crippen LogP contribution in [0, 0.1) is 0 Å². The van der Waals surface area contributed by atoms with E-state index >= 15 is 0 Å². The smallest absolute Gasteiger partial charge is 0.429 e. The molecule has 1 N–H and O–H groups in total. The molecule has 4 aromatic rings. The third-order valence-electron chi connectivity index (χ3n) is 5.05. The number of halogens is 3. The van der Waals surface area contributed by atoms with Crippen molar-refractivity contribution in [1.29, 1.82) is 0 Å². The first-order chi connectivity index (χ1) is 17.1. The Bertz CT molecular complexity index is 1460. The molecule has 0 amide bonds. The molecule has 0 radical (unpaired) electrons. The molecular formula is C22H21F3N6O4S. The lowest BCUT2D eigenvalue weighted by molar-refractivity contribution is -0.198. The molecule has 0 aliphatic heterocycles. The molecule has 0 fully saturated rings. The molecular weight excluding hydrogens is 501 g/mol. The van der Waals surface area contributed by atoms with Gasteiger partial charge in [-0.15, -0.1) is 0 Å². The van der Waals surface area contributed by atoms with Gasteiger partial charge < -0.3 is 9.47 Å². The zero-order valence-corrected chi connectivity index (χ0v) is 19.9. The number of benzene rings is 1. The van der Waals surface area contributed by atoms with Crippen LogP contribution in [0.2, 0.25) is 0 Å². The van der Waals surface area contributed by atoms with Crippen molar-refractivity contribution in [2.75, 3.05) is 24.2 Å². The Morgan fingerprint density at radius 2 is 1.81 bits per heavy atom. The van der Waals surface area contributed by atoms with Crippen LogP contribution in [-0.2, 0) is 21.8 Å². The molecule has 36 heavy (non-hydrogen) atoms. The first-order valence-corrected chi connectivity index (χ1v) is 12.2. The number of ether oxygens (including phenoxy) is 2. The van der Waals surface area contributed by atoms with Gasteiger partial charge in [-0.3, -0.25) is 14.4 Å². The fourth-order valence-electron chi connectivity index (χ4n) is 3.30. The number of hydrogen-bond acceptors (Lipinski definition) is 8. The first-order valence-electron chi connectivity index (χ1n) is 10.5. The molecule has 0 aliphatic carbocycles. The molecule has 10 nitrogen and oxygen atoms in total. The first kappa shape index (κ1) is 25.3. The Morgan fingerprint density at radius 1 is 1.08 bits per heavy atom. The van der Waals surface area contributed by atoms with Crippen molar-refractivity contribution < 1.29 is 31.1 Å². The van der Waals surface area contributed by atoms with Crippen LogP contribution >= 0.6 is 0 Å². The predicted molar refractivity (Wildman–Crippen MR) is 125 cm³/mol. The highest BCUT2D eigenvalue weighted by Crippen LogP contribution is 2.38. The quantitative estimate of drug-likeness (QED) is 0.355. The van der Waals surface area contributed by atoms with E-state index in [2.05, 4.69) is 24.8 Å². The second-order valence-electron chi connectivity index (χ2n) is 7.64. The predicted octanol–water partition coefficient (Wildman–Crippen LogP) is 3.50. The number of anilines is 1. The van der Waals surface area contributed by atoms with Gasteiger partial charge in [-0.1, -0.05) is 18.2 Å². The van der Waals surface area contributed by atoms with Crippen LogP contribution in [0.1, 0.15) is 11.7 Å². The average molecular weight is 523 g/mol. The summed E-state index contributed by atoms with van der Waals surface area (Å²) >= 11 is 0.